The zero-order valence-corrected chi connectivity index (χ0v) is 20.6. The quantitative estimate of drug-likeness (QED) is 0.138. The predicted octanol–water partition coefficient (Wildman–Crippen LogP) is -1.69. The van der Waals surface area contributed by atoms with Crippen molar-refractivity contribution in [1.82, 2.24) is 15.5 Å². The van der Waals surface area contributed by atoms with E-state index in [9.17, 15) is 34.2 Å². The van der Waals surface area contributed by atoms with Gasteiger partial charge in [0.2, 0.25) is 23.6 Å². The molecule has 0 aromatic heterocycles. The van der Waals surface area contributed by atoms with Crippen LogP contribution in [0.1, 0.15) is 44.1 Å². The van der Waals surface area contributed by atoms with Gasteiger partial charge in [0.15, 0.2) is 0 Å². The molecule has 204 valence electrons. The minimum Gasteiger partial charge on any atom is -0.508 e. The molecule has 2 rings (SSSR count). The Bertz CT molecular complexity index is 971. The normalized spacial score (nSPS) is 17.5. The summed E-state index contributed by atoms with van der Waals surface area (Å²) < 4.78 is 0. The minimum atomic E-state index is -1.34. The van der Waals surface area contributed by atoms with Crippen molar-refractivity contribution in [2.45, 2.75) is 69.1 Å². The van der Waals surface area contributed by atoms with E-state index < -0.39 is 60.2 Å². The first kappa shape index (κ1) is 29.5. The number of nitrogens with two attached hydrogens (primary N) is 3. The van der Waals surface area contributed by atoms with E-state index in [0.717, 1.165) is 0 Å². The van der Waals surface area contributed by atoms with Crippen LogP contribution in [0.3, 0.4) is 0 Å². The number of hydrogen-bond donors (Lipinski definition) is 7. The average Bonchev–Trinajstić information content (AvgIpc) is 3.33. The molecule has 0 saturated carbocycles. The monoisotopic (exact) mass is 520 g/mol. The number of carbonyl (C=O) groups is 5. The van der Waals surface area contributed by atoms with Gasteiger partial charge in [-0.05, 0) is 62.8 Å². The van der Waals surface area contributed by atoms with E-state index in [4.69, 9.17) is 17.2 Å². The summed E-state index contributed by atoms with van der Waals surface area (Å²) in [5, 5.41) is 23.8. The number of carbonyl (C=O) groups excluding carboxylic acids is 4. The second-order valence-corrected chi connectivity index (χ2v) is 9.08. The second-order valence-electron chi connectivity index (χ2n) is 9.08. The van der Waals surface area contributed by atoms with Crippen LogP contribution in [0.5, 0.6) is 5.75 Å². The summed E-state index contributed by atoms with van der Waals surface area (Å²) in [5.41, 5.74) is 17.4. The molecule has 0 spiro atoms. The van der Waals surface area contributed by atoms with Gasteiger partial charge in [-0.15, -0.1) is 0 Å². The first-order valence-electron chi connectivity index (χ1n) is 12.2. The Labute approximate surface area is 214 Å². The summed E-state index contributed by atoms with van der Waals surface area (Å²) >= 11 is 0. The van der Waals surface area contributed by atoms with E-state index in [-0.39, 0.29) is 25.1 Å². The van der Waals surface area contributed by atoms with Crippen LogP contribution in [-0.2, 0) is 30.4 Å². The fraction of sp³-hybridized carbons (Fsp3) is 0.542. The van der Waals surface area contributed by atoms with Crippen molar-refractivity contribution in [3.05, 3.63) is 29.8 Å². The molecule has 1 aromatic carbocycles. The molecule has 10 N–H and O–H groups in total. The molecule has 1 aliphatic heterocycles. The zero-order valence-electron chi connectivity index (χ0n) is 20.6. The van der Waals surface area contributed by atoms with E-state index in [2.05, 4.69) is 10.6 Å². The first-order valence-corrected chi connectivity index (χ1v) is 12.2. The summed E-state index contributed by atoms with van der Waals surface area (Å²) in [6.45, 7) is 0.587. The molecule has 1 saturated heterocycles. The number of aliphatic carboxylic acids is 1. The van der Waals surface area contributed by atoms with Crippen LogP contribution in [-0.4, -0.2) is 82.0 Å². The molecule has 1 aromatic rings. The number of nitrogens with one attached hydrogen (secondary N) is 2. The highest BCUT2D eigenvalue weighted by atomic mass is 16.4. The Kier molecular flexibility index (Phi) is 11.3. The lowest BCUT2D eigenvalue weighted by atomic mass is 10.0. The SMILES string of the molecule is NCCCCC(NC(=O)C1CCCN1C(=O)C(CC(N)=O)NC(=O)C(N)Cc1ccc(O)cc1)C(=O)O. The van der Waals surface area contributed by atoms with Gasteiger partial charge < -0.3 is 42.9 Å². The maximum Gasteiger partial charge on any atom is 0.326 e. The highest BCUT2D eigenvalue weighted by Gasteiger charge is 2.39. The summed E-state index contributed by atoms with van der Waals surface area (Å²) in [6.07, 6.45) is 1.70. The largest absolute Gasteiger partial charge is 0.508 e. The van der Waals surface area contributed by atoms with Crippen LogP contribution in [0.2, 0.25) is 0 Å². The number of amides is 4. The number of carboxylic acid groups (broad SMARTS) is 1. The number of unbranched alkanes of at least 4 members (excludes halogenated alkanes) is 1. The van der Waals surface area contributed by atoms with E-state index >= 15 is 0 Å². The van der Waals surface area contributed by atoms with Crippen molar-refractivity contribution < 1.29 is 34.2 Å². The number of aromatic hydroxyl groups is 1. The third-order valence-corrected chi connectivity index (χ3v) is 6.15. The predicted molar refractivity (Wildman–Crippen MR) is 133 cm³/mol. The van der Waals surface area contributed by atoms with Gasteiger partial charge in [0.05, 0.1) is 12.5 Å². The van der Waals surface area contributed by atoms with Crippen LogP contribution in [0.25, 0.3) is 0 Å². The number of rotatable bonds is 14. The lowest BCUT2D eigenvalue weighted by Crippen LogP contribution is -2.57. The van der Waals surface area contributed by atoms with Gasteiger partial charge in [-0.3, -0.25) is 19.2 Å². The highest BCUT2D eigenvalue weighted by Crippen LogP contribution is 2.20. The smallest absolute Gasteiger partial charge is 0.326 e. The van der Waals surface area contributed by atoms with Crippen molar-refractivity contribution in [3.63, 3.8) is 0 Å². The maximum absolute atomic E-state index is 13.3. The Morgan fingerprint density at radius 3 is 2.32 bits per heavy atom. The van der Waals surface area contributed by atoms with E-state index in [0.29, 0.717) is 37.8 Å². The van der Waals surface area contributed by atoms with Crippen molar-refractivity contribution in [3.8, 4) is 5.75 Å². The molecular formula is C24H36N6O7. The molecule has 13 heteroatoms. The Morgan fingerprint density at radius 2 is 1.73 bits per heavy atom. The topological polar surface area (TPSA) is 231 Å². The molecule has 4 atom stereocenters. The number of likely N-dealkylation sites (tertiary alicyclic amines) is 1. The van der Waals surface area contributed by atoms with Crippen molar-refractivity contribution in [1.29, 1.82) is 0 Å². The van der Waals surface area contributed by atoms with Crippen LogP contribution in [0.15, 0.2) is 24.3 Å². The number of primary amides is 1. The van der Waals surface area contributed by atoms with Crippen LogP contribution < -0.4 is 27.8 Å². The number of phenolic OH excluding ortho intramolecular Hbond substituents is 1. The Hall–Kier alpha value is -3.71. The standard InChI is InChI=1S/C24H36N6O7/c25-10-2-1-4-17(24(36)37)28-22(34)19-5-3-11-30(19)23(35)18(13-20(27)32)29-21(33)16(26)12-14-6-8-15(31)9-7-14/h6-9,16-19,31H,1-5,10-13,25-26H2,(H2,27,32)(H,28,34)(H,29,33)(H,36,37). The fourth-order valence-corrected chi connectivity index (χ4v) is 4.18. The molecule has 0 aliphatic carbocycles. The molecule has 1 fully saturated rings. The average molecular weight is 521 g/mol. The third kappa shape index (κ3) is 9.03. The van der Waals surface area contributed by atoms with E-state index in [1.54, 1.807) is 12.1 Å². The van der Waals surface area contributed by atoms with Crippen molar-refractivity contribution in [2.75, 3.05) is 13.1 Å². The van der Waals surface area contributed by atoms with Gasteiger partial charge in [-0.25, -0.2) is 4.79 Å². The molecule has 4 unspecified atom stereocenters. The first-order chi connectivity index (χ1) is 17.5. The summed E-state index contributed by atoms with van der Waals surface area (Å²) in [7, 11) is 0. The van der Waals surface area contributed by atoms with Gasteiger partial charge in [-0.2, -0.15) is 0 Å². The van der Waals surface area contributed by atoms with Crippen LogP contribution in [0, 0.1) is 0 Å². The molecule has 0 radical (unpaired) electrons. The minimum absolute atomic E-state index is 0.0586. The summed E-state index contributed by atoms with van der Waals surface area (Å²) in [4.78, 5) is 63.4. The Balaban J connectivity index is 2.08. The summed E-state index contributed by atoms with van der Waals surface area (Å²) in [5.74, 6) is -3.97. The zero-order chi connectivity index (χ0) is 27.5. The van der Waals surface area contributed by atoms with Gasteiger partial charge in [-0.1, -0.05) is 12.1 Å². The molecule has 13 nitrogen and oxygen atoms in total. The molecular weight excluding hydrogens is 484 g/mol. The second kappa shape index (κ2) is 14.1. The van der Waals surface area contributed by atoms with Gasteiger partial charge in [0.25, 0.3) is 0 Å². The van der Waals surface area contributed by atoms with Crippen molar-refractivity contribution in [2.24, 2.45) is 17.2 Å². The third-order valence-electron chi connectivity index (χ3n) is 6.15. The Morgan fingerprint density at radius 1 is 1.05 bits per heavy atom. The lowest BCUT2D eigenvalue weighted by Gasteiger charge is -2.29. The molecule has 1 heterocycles. The van der Waals surface area contributed by atoms with Crippen molar-refractivity contribution >= 4 is 29.6 Å². The maximum atomic E-state index is 13.3. The van der Waals surface area contributed by atoms with Gasteiger partial charge >= 0.3 is 5.97 Å². The summed E-state index contributed by atoms with van der Waals surface area (Å²) in [6, 6.07) is 1.61. The number of carboxylic acids is 1. The number of nitrogens with zero attached hydrogens (tertiary/aromatic N) is 1. The van der Waals surface area contributed by atoms with E-state index in [1.807, 2.05) is 0 Å². The van der Waals surface area contributed by atoms with Crippen LogP contribution in [0.4, 0.5) is 0 Å². The van der Waals surface area contributed by atoms with Gasteiger partial charge in [0.1, 0.15) is 23.9 Å². The van der Waals surface area contributed by atoms with Gasteiger partial charge in [0, 0.05) is 6.54 Å². The fourth-order valence-electron chi connectivity index (χ4n) is 4.18. The van der Waals surface area contributed by atoms with Crippen LogP contribution >= 0.6 is 0 Å². The molecule has 4 amide bonds. The molecule has 1 aliphatic rings. The number of phenols is 1. The molecule has 37 heavy (non-hydrogen) atoms. The molecule has 0 bridgehead atoms. The number of benzene rings is 1. The number of hydrogen-bond acceptors (Lipinski definition) is 8. The lowest BCUT2D eigenvalue weighted by molar-refractivity contribution is -0.145. The highest BCUT2D eigenvalue weighted by molar-refractivity contribution is 5.96. The van der Waals surface area contributed by atoms with E-state index in [1.165, 1.54) is 17.0 Å².